The van der Waals surface area contributed by atoms with E-state index in [0.717, 1.165) is 12.1 Å². The van der Waals surface area contributed by atoms with Gasteiger partial charge in [0.15, 0.2) is 0 Å². The Hall–Kier alpha value is -3.44. The summed E-state index contributed by atoms with van der Waals surface area (Å²) in [5.41, 5.74) is -0.109. The third kappa shape index (κ3) is 7.02. The Labute approximate surface area is 185 Å². The number of halogens is 6. The predicted molar refractivity (Wildman–Crippen MR) is 106 cm³/mol. The highest BCUT2D eigenvalue weighted by molar-refractivity contribution is 5.73. The number of pyridine rings is 1. The molecule has 2 heterocycles. The lowest BCUT2D eigenvalue weighted by molar-refractivity contribution is -0.159. The molecule has 6 nitrogen and oxygen atoms in total. The average molecular weight is 474 g/mol. The highest BCUT2D eigenvalue weighted by Gasteiger charge is 2.38. The van der Waals surface area contributed by atoms with Crippen molar-refractivity contribution in [1.82, 2.24) is 20.4 Å². The van der Waals surface area contributed by atoms with Crippen molar-refractivity contribution in [3.8, 4) is 11.4 Å². The molecule has 0 bridgehead atoms. The Bertz CT molecular complexity index is 1060. The topological polar surface area (TPSA) is 80.9 Å². The van der Waals surface area contributed by atoms with Gasteiger partial charge in [-0.1, -0.05) is 31.1 Å². The first-order chi connectivity index (χ1) is 15.4. The maximum Gasteiger partial charge on any atom is 0.471 e. The molecule has 0 aliphatic heterocycles. The zero-order valence-electron chi connectivity index (χ0n) is 17.8. The molecule has 0 aliphatic rings. The standard InChI is InChI=1S/C19H14F6N4O2.C2H6/c1-10(30)27-15(11-3-2-4-13(7-11)18(20,21)22)8-14-6-5-12(9-26-14)16-28-17(31-29-16)19(23,24)25;1-2/h2-7,9,15H,8H2,1H3,(H,27,30);1-2H3. The minimum Gasteiger partial charge on any atom is -0.349 e. The summed E-state index contributed by atoms with van der Waals surface area (Å²) >= 11 is 0. The number of alkyl halides is 6. The van der Waals surface area contributed by atoms with Crippen LogP contribution in [0.25, 0.3) is 11.4 Å². The monoisotopic (exact) mass is 474 g/mol. The van der Waals surface area contributed by atoms with E-state index in [9.17, 15) is 31.1 Å². The van der Waals surface area contributed by atoms with Gasteiger partial charge in [-0.3, -0.25) is 9.78 Å². The van der Waals surface area contributed by atoms with Crippen LogP contribution in [0.4, 0.5) is 26.3 Å². The van der Waals surface area contributed by atoms with Gasteiger partial charge in [-0.2, -0.15) is 31.3 Å². The van der Waals surface area contributed by atoms with Crippen LogP contribution < -0.4 is 5.32 Å². The van der Waals surface area contributed by atoms with Crippen LogP contribution in [0.1, 0.15) is 49.5 Å². The zero-order valence-corrected chi connectivity index (χ0v) is 17.8. The Balaban J connectivity index is 0.00000187. The summed E-state index contributed by atoms with van der Waals surface area (Å²) in [7, 11) is 0. The largest absolute Gasteiger partial charge is 0.471 e. The van der Waals surface area contributed by atoms with E-state index in [-0.39, 0.29) is 23.4 Å². The molecule has 0 saturated heterocycles. The van der Waals surface area contributed by atoms with Gasteiger partial charge in [0.05, 0.1) is 11.6 Å². The smallest absolute Gasteiger partial charge is 0.349 e. The van der Waals surface area contributed by atoms with Crippen molar-refractivity contribution in [3.05, 3.63) is 65.3 Å². The summed E-state index contributed by atoms with van der Waals surface area (Å²) < 4.78 is 80.9. The van der Waals surface area contributed by atoms with E-state index < -0.39 is 35.8 Å². The van der Waals surface area contributed by atoms with Gasteiger partial charge in [0, 0.05) is 30.8 Å². The molecule has 0 spiro atoms. The van der Waals surface area contributed by atoms with Crippen LogP contribution in [0.15, 0.2) is 47.1 Å². The predicted octanol–water partition coefficient (Wildman–Crippen LogP) is 5.62. The van der Waals surface area contributed by atoms with Crippen molar-refractivity contribution < 1.29 is 35.7 Å². The number of rotatable bonds is 5. The van der Waals surface area contributed by atoms with Gasteiger partial charge in [0.2, 0.25) is 11.7 Å². The Kier molecular flexibility index (Phi) is 8.18. The number of carbonyl (C=O) groups excluding carboxylic acids is 1. The van der Waals surface area contributed by atoms with Crippen molar-refractivity contribution in [1.29, 1.82) is 0 Å². The molecule has 1 N–H and O–H groups in total. The molecule has 0 aliphatic carbocycles. The highest BCUT2D eigenvalue weighted by atomic mass is 19.4. The second-order valence-corrected chi connectivity index (χ2v) is 6.54. The summed E-state index contributed by atoms with van der Waals surface area (Å²) in [6, 6.07) is 6.57. The molecule has 12 heteroatoms. The first kappa shape index (κ1) is 25.8. The summed E-state index contributed by atoms with van der Waals surface area (Å²) in [5, 5.41) is 5.83. The SMILES string of the molecule is CC.CC(=O)NC(Cc1ccc(-c2noc(C(F)(F)F)n2)cn1)c1cccc(C(F)(F)F)c1. The Morgan fingerprint density at radius 2 is 1.76 bits per heavy atom. The maximum atomic E-state index is 13.0. The lowest BCUT2D eigenvalue weighted by Crippen LogP contribution is -2.28. The van der Waals surface area contributed by atoms with Crippen molar-refractivity contribution in [3.63, 3.8) is 0 Å². The number of amides is 1. The molecular weight excluding hydrogens is 454 g/mol. The molecule has 1 amide bonds. The third-order valence-corrected chi connectivity index (χ3v) is 4.16. The number of nitrogens with zero attached hydrogens (tertiary/aromatic N) is 3. The molecule has 178 valence electrons. The maximum absolute atomic E-state index is 13.0. The van der Waals surface area contributed by atoms with Crippen LogP contribution >= 0.6 is 0 Å². The lowest BCUT2D eigenvalue weighted by atomic mass is 9.99. The van der Waals surface area contributed by atoms with E-state index in [1.807, 2.05) is 13.8 Å². The van der Waals surface area contributed by atoms with Crippen LogP contribution in [0, 0.1) is 0 Å². The van der Waals surface area contributed by atoms with Crippen molar-refractivity contribution in [2.75, 3.05) is 0 Å². The van der Waals surface area contributed by atoms with Crippen LogP contribution in [0.5, 0.6) is 0 Å². The first-order valence-corrected chi connectivity index (χ1v) is 9.74. The van der Waals surface area contributed by atoms with E-state index >= 15 is 0 Å². The molecule has 2 aromatic heterocycles. The highest BCUT2D eigenvalue weighted by Crippen LogP contribution is 2.32. The quantitative estimate of drug-likeness (QED) is 0.486. The number of benzene rings is 1. The van der Waals surface area contributed by atoms with Crippen molar-refractivity contribution >= 4 is 5.91 Å². The molecule has 0 fully saturated rings. The van der Waals surface area contributed by atoms with Crippen molar-refractivity contribution in [2.24, 2.45) is 0 Å². The number of carbonyl (C=O) groups is 1. The molecule has 3 rings (SSSR count). The molecule has 0 saturated carbocycles. The fraction of sp³-hybridized carbons (Fsp3) is 0.333. The Morgan fingerprint density at radius 3 is 2.27 bits per heavy atom. The fourth-order valence-electron chi connectivity index (χ4n) is 2.77. The normalized spacial score (nSPS) is 12.5. The van der Waals surface area contributed by atoms with Crippen LogP contribution in [-0.2, 0) is 23.6 Å². The van der Waals surface area contributed by atoms with E-state index in [4.69, 9.17) is 0 Å². The van der Waals surface area contributed by atoms with Crippen molar-refractivity contribution in [2.45, 2.75) is 45.6 Å². The summed E-state index contributed by atoms with van der Waals surface area (Å²) in [5.74, 6) is -2.27. The summed E-state index contributed by atoms with van der Waals surface area (Å²) in [6.45, 7) is 5.23. The van der Waals surface area contributed by atoms with Crippen LogP contribution in [0.2, 0.25) is 0 Å². The summed E-state index contributed by atoms with van der Waals surface area (Å²) in [6.07, 6.45) is -8.08. The minimum atomic E-state index is -4.78. The average Bonchev–Trinajstić information content (AvgIpc) is 3.25. The van der Waals surface area contributed by atoms with E-state index in [1.54, 1.807) is 0 Å². The molecule has 0 radical (unpaired) electrons. The Morgan fingerprint density at radius 1 is 1.06 bits per heavy atom. The second kappa shape index (κ2) is 10.5. The molecule has 1 unspecified atom stereocenters. The lowest BCUT2D eigenvalue weighted by Gasteiger charge is -2.19. The van der Waals surface area contributed by atoms with E-state index in [0.29, 0.717) is 5.69 Å². The summed E-state index contributed by atoms with van der Waals surface area (Å²) in [4.78, 5) is 18.9. The minimum absolute atomic E-state index is 0.0429. The molecule has 33 heavy (non-hydrogen) atoms. The van der Waals surface area contributed by atoms with E-state index in [2.05, 4.69) is 25.0 Å². The van der Waals surface area contributed by atoms with Gasteiger partial charge >= 0.3 is 18.2 Å². The van der Waals surface area contributed by atoms with Gasteiger partial charge in [-0.25, -0.2) is 0 Å². The molecule has 1 aromatic carbocycles. The second-order valence-electron chi connectivity index (χ2n) is 6.54. The molecule has 1 atom stereocenters. The fourth-order valence-corrected chi connectivity index (χ4v) is 2.77. The number of aromatic nitrogens is 3. The number of hydrogen-bond acceptors (Lipinski definition) is 5. The van der Waals surface area contributed by atoms with Crippen LogP contribution in [-0.4, -0.2) is 21.0 Å². The molecule has 3 aromatic rings. The van der Waals surface area contributed by atoms with Gasteiger partial charge < -0.3 is 9.84 Å². The van der Waals surface area contributed by atoms with Gasteiger partial charge in [0.1, 0.15) is 0 Å². The third-order valence-electron chi connectivity index (χ3n) is 4.16. The molecular formula is C21H20F6N4O2. The van der Waals surface area contributed by atoms with Gasteiger partial charge in [-0.15, -0.1) is 0 Å². The van der Waals surface area contributed by atoms with Gasteiger partial charge in [0.25, 0.3) is 0 Å². The first-order valence-electron chi connectivity index (χ1n) is 9.74. The van der Waals surface area contributed by atoms with E-state index in [1.165, 1.54) is 37.4 Å². The number of nitrogens with one attached hydrogen (secondary N) is 1. The van der Waals surface area contributed by atoms with Gasteiger partial charge in [-0.05, 0) is 29.8 Å². The van der Waals surface area contributed by atoms with Crippen LogP contribution in [0.3, 0.4) is 0 Å². The number of hydrogen-bond donors (Lipinski definition) is 1. The zero-order chi connectivity index (χ0) is 24.8.